The molecule has 1 atom stereocenters. The lowest BCUT2D eigenvalue weighted by Gasteiger charge is -2.10. The molecule has 0 spiro atoms. The number of benzene rings is 1. The van der Waals surface area contributed by atoms with Gasteiger partial charge in [-0.2, -0.15) is 0 Å². The molecule has 0 fully saturated rings. The monoisotopic (exact) mass is 261 g/mol. The number of hydrogen-bond acceptors (Lipinski definition) is 1. The Morgan fingerprint density at radius 2 is 2.32 bits per heavy atom. The number of nitrogens with one attached hydrogen (secondary N) is 1. The molecule has 4 heteroatoms. The molecule has 3 nitrogen and oxygen atoms in total. The van der Waals surface area contributed by atoms with Gasteiger partial charge in [-0.05, 0) is 55.4 Å². The van der Waals surface area contributed by atoms with E-state index in [0.717, 1.165) is 42.3 Å². The van der Waals surface area contributed by atoms with Crippen LogP contribution in [0.3, 0.4) is 0 Å². The Bertz CT molecular complexity index is 632. The van der Waals surface area contributed by atoms with Crippen LogP contribution in [0.25, 0.3) is 10.9 Å². The van der Waals surface area contributed by atoms with Gasteiger partial charge in [0.05, 0.1) is 0 Å². The third kappa shape index (κ3) is 2.35. The van der Waals surface area contributed by atoms with Crippen LogP contribution in [-0.2, 0) is 17.6 Å². The molecule has 0 saturated heterocycles. The topological polar surface area (TPSA) is 53.1 Å². The molecule has 1 aromatic heterocycles. The molecular weight excluding hydrogens is 245 g/mol. The van der Waals surface area contributed by atoms with Crippen molar-refractivity contribution < 1.29 is 14.3 Å². The summed E-state index contributed by atoms with van der Waals surface area (Å²) in [4.78, 5) is 14.2. The van der Waals surface area contributed by atoms with E-state index in [1.807, 2.05) is 0 Å². The maximum atomic E-state index is 13.3. The van der Waals surface area contributed by atoms with Gasteiger partial charge >= 0.3 is 5.97 Å². The first-order chi connectivity index (χ1) is 9.13. The number of aryl methyl sites for hydroxylation is 1. The van der Waals surface area contributed by atoms with Crippen molar-refractivity contribution >= 4 is 16.9 Å². The Hall–Kier alpha value is -1.84. The van der Waals surface area contributed by atoms with E-state index < -0.39 is 5.97 Å². The summed E-state index contributed by atoms with van der Waals surface area (Å²) in [6.07, 6.45) is 3.75. The molecule has 0 aliphatic heterocycles. The van der Waals surface area contributed by atoms with Crippen molar-refractivity contribution in [1.82, 2.24) is 4.98 Å². The first-order valence-electron chi connectivity index (χ1n) is 6.64. The van der Waals surface area contributed by atoms with E-state index in [1.165, 1.54) is 11.6 Å². The molecule has 100 valence electrons. The standard InChI is InChI=1S/C15H16FNO2/c16-10-4-5-13-12(8-10)11-3-1-2-9(7-15(18)19)6-14(11)17-13/h4-5,8-9,17H,1-3,6-7H2,(H,18,19). The van der Waals surface area contributed by atoms with Crippen LogP contribution in [0.2, 0.25) is 0 Å². The molecule has 2 aromatic rings. The van der Waals surface area contributed by atoms with Crippen molar-refractivity contribution in [3.63, 3.8) is 0 Å². The molecule has 1 heterocycles. The van der Waals surface area contributed by atoms with Crippen LogP contribution in [0.5, 0.6) is 0 Å². The van der Waals surface area contributed by atoms with Crippen molar-refractivity contribution in [2.45, 2.75) is 32.1 Å². The predicted molar refractivity (Wildman–Crippen MR) is 70.6 cm³/mol. The van der Waals surface area contributed by atoms with E-state index in [9.17, 15) is 9.18 Å². The minimum Gasteiger partial charge on any atom is -0.481 e. The van der Waals surface area contributed by atoms with E-state index in [1.54, 1.807) is 12.1 Å². The van der Waals surface area contributed by atoms with E-state index >= 15 is 0 Å². The highest BCUT2D eigenvalue weighted by Gasteiger charge is 2.22. The van der Waals surface area contributed by atoms with Crippen LogP contribution in [0.15, 0.2) is 18.2 Å². The Kier molecular flexibility index (Phi) is 3.01. The third-order valence-corrected chi connectivity index (χ3v) is 3.95. The molecule has 1 aliphatic carbocycles. The van der Waals surface area contributed by atoms with Crippen molar-refractivity contribution in [3.05, 3.63) is 35.3 Å². The van der Waals surface area contributed by atoms with Crippen molar-refractivity contribution in [1.29, 1.82) is 0 Å². The third-order valence-electron chi connectivity index (χ3n) is 3.95. The number of rotatable bonds is 2. The van der Waals surface area contributed by atoms with Crippen molar-refractivity contribution in [3.8, 4) is 0 Å². The average Bonchev–Trinajstić information content (AvgIpc) is 2.54. The molecule has 2 N–H and O–H groups in total. The number of hydrogen-bond donors (Lipinski definition) is 2. The van der Waals surface area contributed by atoms with E-state index in [-0.39, 0.29) is 18.2 Å². The van der Waals surface area contributed by atoms with Crippen LogP contribution in [-0.4, -0.2) is 16.1 Å². The Labute approximate surface area is 110 Å². The van der Waals surface area contributed by atoms with Gasteiger partial charge in [0.2, 0.25) is 0 Å². The number of carbonyl (C=O) groups is 1. The lowest BCUT2D eigenvalue weighted by molar-refractivity contribution is -0.138. The van der Waals surface area contributed by atoms with Gasteiger partial charge in [-0.3, -0.25) is 4.79 Å². The first-order valence-corrected chi connectivity index (χ1v) is 6.64. The number of aliphatic carboxylic acids is 1. The molecule has 0 radical (unpaired) electrons. The molecule has 0 saturated carbocycles. The van der Waals surface area contributed by atoms with Gasteiger partial charge in [0.15, 0.2) is 0 Å². The molecule has 3 rings (SSSR count). The number of aromatic nitrogens is 1. The molecule has 1 unspecified atom stereocenters. The first kappa shape index (κ1) is 12.2. The second kappa shape index (κ2) is 4.68. The summed E-state index contributed by atoms with van der Waals surface area (Å²) >= 11 is 0. The molecule has 0 bridgehead atoms. The fourth-order valence-electron chi connectivity index (χ4n) is 3.11. The summed E-state index contributed by atoms with van der Waals surface area (Å²) in [6, 6.07) is 4.78. The number of H-pyrrole nitrogens is 1. The van der Waals surface area contributed by atoms with Gasteiger partial charge in [-0.1, -0.05) is 0 Å². The lowest BCUT2D eigenvalue weighted by atomic mass is 9.96. The van der Waals surface area contributed by atoms with Gasteiger partial charge in [-0.15, -0.1) is 0 Å². The van der Waals surface area contributed by atoms with Crippen LogP contribution >= 0.6 is 0 Å². The summed E-state index contributed by atoms with van der Waals surface area (Å²) in [5, 5.41) is 9.87. The smallest absolute Gasteiger partial charge is 0.303 e. The van der Waals surface area contributed by atoms with Crippen molar-refractivity contribution in [2.75, 3.05) is 0 Å². The Morgan fingerprint density at radius 3 is 3.11 bits per heavy atom. The maximum Gasteiger partial charge on any atom is 0.303 e. The normalized spacial score (nSPS) is 19.1. The van der Waals surface area contributed by atoms with Crippen LogP contribution < -0.4 is 0 Å². The summed E-state index contributed by atoms with van der Waals surface area (Å²) in [6.45, 7) is 0. The number of halogens is 1. The zero-order chi connectivity index (χ0) is 13.4. The van der Waals surface area contributed by atoms with Gasteiger partial charge in [0.1, 0.15) is 5.82 Å². The zero-order valence-corrected chi connectivity index (χ0v) is 10.6. The number of fused-ring (bicyclic) bond motifs is 3. The minimum absolute atomic E-state index is 0.177. The molecule has 1 aliphatic rings. The minimum atomic E-state index is -0.740. The largest absolute Gasteiger partial charge is 0.481 e. The Morgan fingerprint density at radius 1 is 1.47 bits per heavy atom. The highest BCUT2D eigenvalue weighted by atomic mass is 19.1. The van der Waals surface area contributed by atoms with Crippen LogP contribution in [0.1, 0.15) is 30.5 Å². The lowest BCUT2D eigenvalue weighted by Crippen LogP contribution is -2.10. The second-order valence-corrected chi connectivity index (χ2v) is 5.33. The summed E-state index contributed by atoms with van der Waals surface area (Å²) in [5.41, 5.74) is 3.20. The molecule has 0 amide bonds. The SMILES string of the molecule is O=C(O)CC1CCCc2c([nH]c3ccc(F)cc23)C1. The fraction of sp³-hybridized carbons (Fsp3) is 0.400. The Balaban J connectivity index is 1.99. The summed E-state index contributed by atoms with van der Waals surface area (Å²) < 4.78 is 13.3. The zero-order valence-electron chi connectivity index (χ0n) is 10.6. The van der Waals surface area contributed by atoms with Crippen LogP contribution in [0, 0.1) is 11.7 Å². The molecular formula is C15H16FNO2. The maximum absolute atomic E-state index is 13.3. The average molecular weight is 261 g/mol. The quantitative estimate of drug-likeness (QED) is 0.815. The van der Waals surface area contributed by atoms with Gasteiger partial charge in [0.25, 0.3) is 0 Å². The van der Waals surface area contributed by atoms with Gasteiger partial charge < -0.3 is 10.1 Å². The highest BCUT2D eigenvalue weighted by molar-refractivity contribution is 5.85. The molecule has 1 aromatic carbocycles. The number of carboxylic acids is 1. The fourth-order valence-corrected chi connectivity index (χ4v) is 3.11. The van der Waals surface area contributed by atoms with Gasteiger partial charge in [-0.25, -0.2) is 4.39 Å². The second-order valence-electron chi connectivity index (χ2n) is 5.33. The molecule has 19 heavy (non-hydrogen) atoms. The van der Waals surface area contributed by atoms with E-state index in [4.69, 9.17) is 5.11 Å². The number of carboxylic acid groups (broad SMARTS) is 1. The van der Waals surface area contributed by atoms with E-state index in [0.29, 0.717) is 0 Å². The summed E-state index contributed by atoms with van der Waals surface area (Å²) in [7, 11) is 0. The predicted octanol–water partition coefficient (Wildman–Crippen LogP) is 3.28. The highest BCUT2D eigenvalue weighted by Crippen LogP contribution is 2.32. The summed E-state index contributed by atoms with van der Waals surface area (Å²) in [5.74, 6) is -0.784. The number of aromatic amines is 1. The van der Waals surface area contributed by atoms with Gasteiger partial charge in [0, 0.05) is 23.0 Å². The van der Waals surface area contributed by atoms with Crippen LogP contribution in [0.4, 0.5) is 4.39 Å². The van der Waals surface area contributed by atoms with Crippen molar-refractivity contribution in [2.24, 2.45) is 5.92 Å². The van der Waals surface area contributed by atoms with E-state index in [2.05, 4.69) is 4.98 Å².